The highest BCUT2D eigenvalue weighted by Gasteiger charge is 2.20. The monoisotopic (exact) mass is 291 g/mol. The predicted octanol–water partition coefficient (Wildman–Crippen LogP) is 3.34. The molecule has 0 aliphatic carbocycles. The summed E-state index contributed by atoms with van der Waals surface area (Å²) >= 11 is 0. The SMILES string of the molecule is CCN(CC1CCCO1)CC(O)c1ccc(C(C)C)cc1. The molecule has 21 heavy (non-hydrogen) atoms. The smallest absolute Gasteiger partial charge is 0.0916 e. The summed E-state index contributed by atoms with van der Waals surface area (Å²) in [6.07, 6.45) is 2.24. The zero-order valence-corrected chi connectivity index (χ0v) is 13.6. The number of rotatable bonds is 7. The highest BCUT2D eigenvalue weighted by Crippen LogP contribution is 2.20. The predicted molar refractivity (Wildman–Crippen MR) is 86.6 cm³/mol. The Labute approximate surface area is 128 Å². The molecule has 1 N–H and O–H groups in total. The highest BCUT2D eigenvalue weighted by atomic mass is 16.5. The van der Waals surface area contributed by atoms with Gasteiger partial charge in [0, 0.05) is 19.7 Å². The quantitative estimate of drug-likeness (QED) is 0.836. The maximum atomic E-state index is 10.4. The van der Waals surface area contributed by atoms with Crippen LogP contribution in [0, 0.1) is 0 Å². The fourth-order valence-electron chi connectivity index (χ4n) is 2.86. The second-order valence-corrected chi connectivity index (χ2v) is 6.32. The molecule has 0 spiro atoms. The molecule has 0 amide bonds. The maximum absolute atomic E-state index is 10.4. The lowest BCUT2D eigenvalue weighted by atomic mass is 10.00. The molecule has 118 valence electrons. The van der Waals surface area contributed by atoms with E-state index in [0.29, 0.717) is 18.6 Å². The van der Waals surface area contributed by atoms with Crippen molar-refractivity contribution >= 4 is 0 Å². The van der Waals surface area contributed by atoms with Crippen molar-refractivity contribution in [3.63, 3.8) is 0 Å². The normalized spacial score (nSPS) is 20.4. The second-order valence-electron chi connectivity index (χ2n) is 6.32. The van der Waals surface area contributed by atoms with Crippen molar-refractivity contribution in [1.29, 1.82) is 0 Å². The molecule has 1 aliphatic heterocycles. The van der Waals surface area contributed by atoms with Crippen LogP contribution < -0.4 is 0 Å². The third-order valence-corrected chi connectivity index (χ3v) is 4.35. The topological polar surface area (TPSA) is 32.7 Å². The van der Waals surface area contributed by atoms with Crippen molar-refractivity contribution in [3.05, 3.63) is 35.4 Å². The first-order valence-electron chi connectivity index (χ1n) is 8.22. The molecule has 0 bridgehead atoms. The molecule has 0 saturated carbocycles. The summed E-state index contributed by atoms with van der Waals surface area (Å²) < 4.78 is 5.69. The molecule has 2 atom stereocenters. The molecule has 3 nitrogen and oxygen atoms in total. The van der Waals surface area contributed by atoms with Crippen molar-refractivity contribution in [2.24, 2.45) is 0 Å². The van der Waals surface area contributed by atoms with E-state index in [-0.39, 0.29) is 0 Å². The van der Waals surface area contributed by atoms with Crippen LogP contribution in [-0.4, -0.2) is 42.4 Å². The van der Waals surface area contributed by atoms with Crippen LogP contribution in [0.4, 0.5) is 0 Å². The van der Waals surface area contributed by atoms with E-state index in [0.717, 1.165) is 31.7 Å². The third-order valence-electron chi connectivity index (χ3n) is 4.35. The number of aliphatic hydroxyl groups excluding tert-OH is 1. The zero-order valence-electron chi connectivity index (χ0n) is 13.6. The van der Waals surface area contributed by atoms with E-state index < -0.39 is 6.10 Å². The van der Waals surface area contributed by atoms with Gasteiger partial charge in [-0.05, 0) is 36.4 Å². The Bertz CT molecular complexity index is 410. The summed E-state index contributed by atoms with van der Waals surface area (Å²) in [7, 11) is 0. The van der Waals surface area contributed by atoms with Crippen molar-refractivity contribution in [2.75, 3.05) is 26.2 Å². The van der Waals surface area contributed by atoms with Gasteiger partial charge < -0.3 is 9.84 Å². The molecule has 2 rings (SSSR count). The lowest BCUT2D eigenvalue weighted by Gasteiger charge is -2.26. The second kappa shape index (κ2) is 7.92. The molecule has 1 aromatic rings. The molecule has 2 unspecified atom stereocenters. The van der Waals surface area contributed by atoms with E-state index in [1.165, 1.54) is 12.0 Å². The summed E-state index contributed by atoms with van der Waals surface area (Å²) in [6.45, 7) is 9.96. The fraction of sp³-hybridized carbons (Fsp3) is 0.667. The van der Waals surface area contributed by atoms with Gasteiger partial charge in [0.25, 0.3) is 0 Å². The Morgan fingerprint density at radius 1 is 1.24 bits per heavy atom. The van der Waals surface area contributed by atoms with Crippen molar-refractivity contribution in [1.82, 2.24) is 4.90 Å². The van der Waals surface area contributed by atoms with Gasteiger partial charge in [0.1, 0.15) is 0 Å². The number of nitrogens with zero attached hydrogens (tertiary/aromatic N) is 1. The van der Waals surface area contributed by atoms with E-state index in [1.54, 1.807) is 0 Å². The van der Waals surface area contributed by atoms with E-state index in [9.17, 15) is 5.11 Å². The minimum Gasteiger partial charge on any atom is -0.387 e. The molecule has 0 aromatic heterocycles. The minimum atomic E-state index is -0.424. The maximum Gasteiger partial charge on any atom is 0.0916 e. The van der Waals surface area contributed by atoms with Gasteiger partial charge >= 0.3 is 0 Å². The Morgan fingerprint density at radius 2 is 1.90 bits per heavy atom. The van der Waals surface area contributed by atoms with E-state index in [4.69, 9.17) is 4.74 Å². The summed E-state index contributed by atoms with van der Waals surface area (Å²) in [5.74, 6) is 0.530. The lowest BCUT2D eigenvalue weighted by Crippen LogP contribution is -2.35. The van der Waals surface area contributed by atoms with Crippen LogP contribution in [0.2, 0.25) is 0 Å². The molecule has 1 aromatic carbocycles. The number of benzene rings is 1. The van der Waals surface area contributed by atoms with Gasteiger partial charge in [0.2, 0.25) is 0 Å². The van der Waals surface area contributed by atoms with Gasteiger partial charge in [-0.2, -0.15) is 0 Å². The number of hydrogen-bond acceptors (Lipinski definition) is 3. The number of hydrogen-bond donors (Lipinski definition) is 1. The van der Waals surface area contributed by atoms with Crippen molar-refractivity contribution < 1.29 is 9.84 Å². The molecule has 1 saturated heterocycles. The standard InChI is InChI=1S/C18H29NO2/c1-4-19(12-17-6-5-11-21-17)13-18(20)16-9-7-15(8-10-16)14(2)3/h7-10,14,17-18,20H,4-6,11-13H2,1-3H3. The van der Waals surface area contributed by atoms with Gasteiger partial charge in [-0.3, -0.25) is 4.90 Å². The van der Waals surface area contributed by atoms with Gasteiger partial charge in [0.15, 0.2) is 0 Å². The van der Waals surface area contributed by atoms with Crippen LogP contribution in [-0.2, 0) is 4.74 Å². The van der Waals surface area contributed by atoms with Gasteiger partial charge in [-0.15, -0.1) is 0 Å². The minimum absolute atomic E-state index is 0.348. The average molecular weight is 291 g/mol. The lowest BCUT2D eigenvalue weighted by molar-refractivity contribution is 0.0516. The van der Waals surface area contributed by atoms with Crippen LogP contribution in [0.3, 0.4) is 0 Å². The Morgan fingerprint density at radius 3 is 2.43 bits per heavy atom. The van der Waals surface area contributed by atoms with Crippen LogP contribution in [0.25, 0.3) is 0 Å². The molecular formula is C18H29NO2. The average Bonchev–Trinajstić information content (AvgIpc) is 2.99. The molecular weight excluding hydrogens is 262 g/mol. The summed E-state index contributed by atoms with van der Waals surface area (Å²) in [5.41, 5.74) is 2.32. The Hall–Kier alpha value is -0.900. The highest BCUT2D eigenvalue weighted by molar-refractivity contribution is 5.26. The number of ether oxygens (including phenoxy) is 1. The number of aliphatic hydroxyl groups is 1. The van der Waals surface area contributed by atoms with Crippen LogP contribution >= 0.6 is 0 Å². The third kappa shape index (κ3) is 4.80. The fourth-order valence-corrected chi connectivity index (χ4v) is 2.86. The molecule has 1 aliphatic rings. The van der Waals surface area contributed by atoms with Crippen LogP contribution in [0.1, 0.15) is 56.8 Å². The van der Waals surface area contributed by atoms with Crippen molar-refractivity contribution in [2.45, 2.75) is 51.7 Å². The molecule has 3 heteroatoms. The van der Waals surface area contributed by atoms with E-state index >= 15 is 0 Å². The first-order chi connectivity index (χ1) is 10.1. The Balaban J connectivity index is 1.90. The van der Waals surface area contributed by atoms with E-state index in [2.05, 4.69) is 49.9 Å². The Kier molecular flexibility index (Phi) is 6.22. The van der Waals surface area contributed by atoms with Crippen molar-refractivity contribution in [3.8, 4) is 0 Å². The molecule has 1 fully saturated rings. The van der Waals surface area contributed by atoms with E-state index in [1.807, 2.05) is 0 Å². The first kappa shape index (κ1) is 16.5. The molecule has 0 radical (unpaired) electrons. The van der Waals surface area contributed by atoms with Gasteiger partial charge in [0.05, 0.1) is 12.2 Å². The van der Waals surface area contributed by atoms with Gasteiger partial charge in [-0.25, -0.2) is 0 Å². The number of likely N-dealkylation sites (N-methyl/N-ethyl adjacent to an activating group) is 1. The summed E-state index contributed by atoms with van der Waals surface area (Å²) in [6, 6.07) is 8.36. The molecule has 1 heterocycles. The first-order valence-corrected chi connectivity index (χ1v) is 8.22. The zero-order chi connectivity index (χ0) is 15.2. The van der Waals surface area contributed by atoms with Gasteiger partial charge in [-0.1, -0.05) is 45.0 Å². The van der Waals surface area contributed by atoms with Crippen LogP contribution in [0.15, 0.2) is 24.3 Å². The summed E-state index contributed by atoms with van der Waals surface area (Å²) in [4.78, 5) is 2.29. The largest absolute Gasteiger partial charge is 0.387 e. The summed E-state index contributed by atoms with van der Waals surface area (Å²) in [5, 5.41) is 10.4. The van der Waals surface area contributed by atoms with Crippen LogP contribution in [0.5, 0.6) is 0 Å².